The summed E-state index contributed by atoms with van der Waals surface area (Å²) in [5.74, 6) is -0.123. The fourth-order valence-corrected chi connectivity index (χ4v) is 2.00. The Hall–Kier alpha value is -1.24. The third-order valence-corrected chi connectivity index (χ3v) is 3.23. The van der Waals surface area contributed by atoms with Gasteiger partial charge in [-0.1, -0.05) is 6.42 Å². The summed E-state index contributed by atoms with van der Waals surface area (Å²) >= 11 is 0. The summed E-state index contributed by atoms with van der Waals surface area (Å²) in [5.41, 5.74) is 5.58. The van der Waals surface area contributed by atoms with Crippen LogP contribution in [0.15, 0.2) is 0 Å². The molecule has 1 atom stereocenters. The summed E-state index contributed by atoms with van der Waals surface area (Å²) in [4.78, 5) is 0. The number of anilines is 1. The number of alkyl halides is 3. The SMILES string of the molecule is Cn1nc(C2CCC2)c(C(O)C(F)(F)F)c1N. The summed E-state index contributed by atoms with van der Waals surface area (Å²) in [5, 5.41) is 13.3. The van der Waals surface area contributed by atoms with Crippen LogP contribution in [0.1, 0.15) is 42.5 Å². The Morgan fingerprint density at radius 3 is 2.47 bits per heavy atom. The van der Waals surface area contributed by atoms with E-state index in [1.807, 2.05) is 0 Å². The van der Waals surface area contributed by atoms with Crippen LogP contribution in [0.5, 0.6) is 0 Å². The van der Waals surface area contributed by atoms with Gasteiger partial charge >= 0.3 is 6.18 Å². The smallest absolute Gasteiger partial charge is 0.384 e. The van der Waals surface area contributed by atoms with Crippen LogP contribution in [0.3, 0.4) is 0 Å². The Labute approximate surface area is 96.2 Å². The summed E-state index contributed by atoms with van der Waals surface area (Å²) in [6.07, 6.45) is -4.69. The standard InChI is InChI=1S/C10H14F3N3O/c1-16-9(14)6(8(17)10(11,12)13)7(15-16)5-3-2-4-5/h5,8,17H,2-4,14H2,1H3. The van der Waals surface area contributed by atoms with Gasteiger partial charge in [0, 0.05) is 13.0 Å². The lowest BCUT2D eigenvalue weighted by atomic mass is 9.81. The highest BCUT2D eigenvalue weighted by Gasteiger charge is 2.44. The number of nitrogen functional groups attached to an aromatic ring is 1. The van der Waals surface area contributed by atoms with Gasteiger partial charge in [-0.25, -0.2) is 0 Å². The average molecular weight is 249 g/mol. The molecule has 1 heterocycles. The molecular weight excluding hydrogens is 235 g/mol. The number of hydrogen-bond donors (Lipinski definition) is 2. The van der Waals surface area contributed by atoms with Crippen LogP contribution >= 0.6 is 0 Å². The Bertz CT molecular complexity index is 423. The van der Waals surface area contributed by atoms with Crippen molar-refractivity contribution in [2.75, 3.05) is 5.73 Å². The van der Waals surface area contributed by atoms with Crippen molar-refractivity contribution in [1.82, 2.24) is 9.78 Å². The predicted octanol–water partition coefficient (Wildman–Crippen LogP) is 1.87. The molecule has 1 aliphatic carbocycles. The monoisotopic (exact) mass is 249 g/mol. The van der Waals surface area contributed by atoms with Gasteiger partial charge in [0.05, 0.1) is 11.3 Å². The maximum absolute atomic E-state index is 12.5. The van der Waals surface area contributed by atoms with Crippen molar-refractivity contribution in [3.63, 3.8) is 0 Å². The Morgan fingerprint density at radius 2 is 2.06 bits per heavy atom. The molecule has 1 unspecified atom stereocenters. The van der Waals surface area contributed by atoms with E-state index in [-0.39, 0.29) is 17.3 Å². The minimum atomic E-state index is -4.71. The first kappa shape index (κ1) is 12.2. The molecule has 0 aliphatic heterocycles. The summed E-state index contributed by atoms with van der Waals surface area (Å²) < 4.78 is 38.8. The second-order valence-corrected chi connectivity index (χ2v) is 4.38. The van der Waals surface area contributed by atoms with E-state index in [1.165, 1.54) is 11.7 Å². The molecule has 1 aromatic heterocycles. The molecule has 0 spiro atoms. The van der Waals surface area contributed by atoms with Crippen molar-refractivity contribution in [2.45, 2.75) is 37.5 Å². The van der Waals surface area contributed by atoms with Gasteiger partial charge in [0.25, 0.3) is 0 Å². The fraction of sp³-hybridized carbons (Fsp3) is 0.700. The molecule has 3 N–H and O–H groups in total. The first-order chi connectivity index (χ1) is 7.82. The number of halogens is 3. The van der Waals surface area contributed by atoms with Crippen LogP contribution in [0, 0.1) is 0 Å². The molecule has 1 aliphatic rings. The van der Waals surface area contributed by atoms with Crippen molar-refractivity contribution < 1.29 is 18.3 Å². The van der Waals surface area contributed by atoms with Crippen molar-refractivity contribution in [3.8, 4) is 0 Å². The molecule has 1 aromatic rings. The van der Waals surface area contributed by atoms with Gasteiger partial charge in [-0.15, -0.1) is 0 Å². The number of rotatable bonds is 2. The minimum absolute atomic E-state index is 0.00880. The molecule has 0 bridgehead atoms. The van der Waals surface area contributed by atoms with Crippen LogP contribution in [-0.4, -0.2) is 21.1 Å². The molecule has 1 fully saturated rings. The number of hydrogen-bond acceptors (Lipinski definition) is 3. The lowest BCUT2D eigenvalue weighted by molar-refractivity contribution is -0.206. The predicted molar refractivity (Wildman–Crippen MR) is 55.2 cm³/mol. The van der Waals surface area contributed by atoms with Crippen molar-refractivity contribution >= 4 is 5.82 Å². The van der Waals surface area contributed by atoms with E-state index in [0.29, 0.717) is 5.69 Å². The highest BCUT2D eigenvalue weighted by molar-refractivity contribution is 5.47. The van der Waals surface area contributed by atoms with Crippen LogP contribution < -0.4 is 5.73 Å². The van der Waals surface area contributed by atoms with E-state index >= 15 is 0 Å². The Balaban J connectivity index is 2.43. The molecule has 2 rings (SSSR count). The third kappa shape index (κ3) is 1.99. The lowest BCUT2D eigenvalue weighted by Gasteiger charge is -2.26. The van der Waals surface area contributed by atoms with Crippen molar-refractivity contribution in [2.24, 2.45) is 7.05 Å². The molecule has 0 radical (unpaired) electrons. The van der Waals surface area contributed by atoms with Crippen LogP contribution in [0.25, 0.3) is 0 Å². The first-order valence-electron chi connectivity index (χ1n) is 5.39. The normalized spacial score (nSPS) is 19.1. The highest BCUT2D eigenvalue weighted by atomic mass is 19.4. The Kier molecular flexibility index (Phi) is 2.81. The zero-order valence-corrected chi connectivity index (χ0v) is 9.33. The van der Waals surface area contributed by atoms with Gasteiger partial charge in [0.1, 0.15) is 5.82 Å². The number of aryl methyl sites for hydroxylation is 1. The second kappa shape index (κ2) is 3.90. The average Bonchev–Trinajstić information content (AvgIpc) is 2.38. The van der Waals surface area contributed by atoms with E-state index in [2.05, 4.69) is 5.10 Å². The minimum Gasteiger partial charge on any atom is -0.384 e. The quantitative estimate of drug-likeness (QED) is 0.840. The molecule has 4 nitrogen and oxygen atoms in total. The van der Waals surface area contributed by atoms with E-state index in [1.54, 1.807) is 0 Å². The van der Waals surface area contributed by atoms with Crippen LogP contribution in [0.2, 0.25) is 0 Å². The van der Waals surface area contributed by atoms with Crippen molar-refractivity contribution in [3.05, 3.63) is 11.3 Å². The molecule has 96 valence electrons. The van der Waals surface area contributed by atoms with E-state index < -0.39 is 12.3 Å². The van der Waals surface area contributed by atoms with Gasteiger partial charge in [0.2, 0.25) is 0 Å². The number of nitrogens with two attached hydrogens (primary N) is 1. The number of nitrogens with zero attached hydrogens (tertiary/aromatic N) is 2. The van der Waals surface area contributed by atoms with Gasteiger partial charge in [0.15, 0.2) is 6.10 Å². The highest BCUT2D eigenvalue weighted by Crippen LogP contribution is 2.44. The van der Waals surface area contributed by atoms with Crippen LogP contribution in [0.4, 0.5) is 19.0 Å². The number of aliphatic hydroxyl groups excluding tert-OH is 1. The molecule has 0 aromatic carbocycles. The Morgan fingerprint density at radius 1 is 1.47 bits per heavy atom. The first-order valence-corrected chi connectivity index (χ1v) is 5.39. The van der Waals surface area contributed by atoms with Crippen LogP contribution in [-0.2, 0) is 7.05 Å². The molecule has 17 heavy (non-hydrogen) atoms. The van der Waals surface area contributed by atoms with Crippen molar-refractivity contribution in [1.29, 1.82) is 0 Å². The molecule has 1 saturated carbocycles. The summed E-state index contributed by atoms with van der Waals surface area (Å²) in [7, 11) is 1.48. The molecule has 0 amide bonds. The summed E-state index contributed by atoms with van der Waals surface area (Å²) in [6.45, 7) is 0. The second-order valence-electron chi connectivity index (χ2n) is 4.38. The van der Waals surface area contributed by atoms with Gasteiger partial charge in [-0.2, -0.15) is 18.3 Å². The topological polar surface area (TPSA) is 64.1 Å². The van der Waals surface area contributed by atoms with E-state index in [9.17, 15) is 18.3 Å². The lowest BCUT2D eigenvalue weighted by Crippen LogP contribution is -2.23. The largest absolute Gasteiger partial charge is 0.418 e. The maximum atomic E-state index is 12.5. The number of aliphatic hydroxyl groups is 1. The van der Waals surface area contributed by atoms with E-state index in [0.717, 1.165) is 19.3 Å². The van der Waals surface area contributed by atoms with Gasteiger partial charge in [-0.3, -0.25) is 4.68 Å². The van der Waals surface area contributed by atoms with Gasteiger partial charge < -0.3 is 10.8 Å². The third-order valence-electron chi connectivity index (χ3n) is 3.23. The van der Waals surface area contributed by atoms with E-state index in [4.69, 9.17) is 5.73 Å². The zero-order valence-electron chi connectivity index (χ0n) is 9.33. The summed E-state index contributed by atoms with van der Waals surface area (Å²) in [6, 6.07) is 0. The molecular formula is C10H14F3N3O. The van der Waals surface area contributed by atoms with Gasteiger partial charge in [-0.05, 0) is 12.8 Å². The fourth-order valence-electron chi connectivity index (χ4n) is 2.00. The molecule has 7 heteroatoms. The maximum Gasteiger partial charge on any atom is 0.418 e. The number of aromatic nitrogens is 2. The zero-order chi connectivity index (χ0) is 12.8. The molecule has 0 saturated heterocycles.